The smallest absolute Gasteiger partial charge is 0.160 e. The van der Waals surface area contributed by atoms with Crippen molar-refractivity contribution in [3.63, 3.8) is 0 Å². The number of benzene rings is 18. The molecule has 0 fully saturated rings. The third-order valence-corrected chi connectivity index (χ3v) is 23.4. The SMILES string of the molecule is c1ccc(-c2cc(-c3cccc(-c4cccc5c4ccc4c(-c6cccc(-c7cc(-c8ccccc8)nc(-c8ccccc8)c7)c6)cccc45)c3)cc(-c3ccccc3)n2)cc1.c1ccc(-c2cc(-c3ccccc3)nc(-c3cccc(-c4cccc5c4ccc4c(-c6cccc(-c7nc(-c8ccccc8)cc(-c8ccccc8)n7)c6)cccc45)c3)n2)cc1. The molecule has 0 unspecified atom stereocenters. The van der Waals surface area contributed by atoms with Crippen molar-refractivity contribution >= 4 is 43.1 Å². The Morgan fingerprint density at radius 2 is 0.274 bits per heavy atom. The molecule has 18 aromatic carbocycles. The zero-order valence-corrected chi connectivity index (χ0v) is 67.7. The Morgan fingerprint density at radius 1 is 0.0968 bits per heavy atom. The van der Waals surface area contributed by atoms with E-state index in [0.717, 1.165) is 146 Å². The molecule has 0 N–H and O–H groups in total. The summed E-state index contributed by atoms with van der Waals surface area (Å²) in [6.45, 7) is 0. The van der Waals surface area contributed by atoms with Gasteiger partial charge in [-0.05, 0) is 171 Å². The second-order valence-electron chi connectivity index (χ2n) is 31.2. The summed E-state index contributed by atoms with van der Waals surface area (Å²) in [5, 5.41) is 9.70. The minimum Gasteiger partial charge on any atom is -0.248 e. The number of fused-ring (bicyclic) bond motifs is 6. The summed E-state index contributed by atoms with van der Waals surface area (Å²) >= 11 is 0. The first kappa shape index (κ1) is 75.0. The van der Waals surface area contributed by atoms with Crippen LogP contribution < -0.4 is 0 Å². The van der Waals surface area contributed by atoms with E-state index in [2.05, 4.69) is 376 Å². The highest BCUT2D eigenvalue weighted by Crippen LogP contribution is 2.44. The van der Waals surface area contributed by atoms with Crippen LogP contribution in [-0.4, -0.2) is 29.9 Å². The topological polar surface area (TPSA) is 77.3 Å². The molecular formula is C118H78N6. The van der Waals surface area contributed by atoms with Crippen molar-refractivity contribution in [2.24, 2.45) is 0 Å². The van der Waals surface area contributed by atoms with Crippen LogP contribution >= 0.6 is 0 Å². The number of hydrogen-bond donors (Lipinski definition) is 0. The lowest BCUT2D eigenvalue weighted by atomic mass is 9.90. The lowest BCUT2D eigenvalue weighted by Crippen LogP contribution is -1.96. The fraction of sp³-hybridized carbons (Fsp3) is 0. The highest BCUT2D eigenvalue weighted by atomic mass is 14.9. The Morgan fingerprint density at radius 3 is 0.500 bits per heavy atom. The van der Waals surface area contributed by atoms with Gasteiger partial charge in [-0.25, -0.2) is 29.9 Å². The summed E-state index contributed by atoms with van der Waals surface area (Å²) in [7, 11) is 0. The Kier molecular flexibility index (Phi) is 20.4. The van der Waals surface area contributed by atoms with Crippen molar-refractivity contribution in [3.8, 4) is 180 Å². The van der Waals surface area contributed by atoms with Gasteiger partial charge in [0.1, 0.15) is 0 Å². The van der Waals surface area contributed by atoms with Crippen LogP contribution in [0.15, 0.2) is 473 Å². The third-order valence-electron chi connectivity index (χ3n) is 23.4. The molecule has 0 aliphatic carbocycles. The van der Waals surface area contributed by atoms with Gasteiger partial charge in [0.15, 0.2) is 11.6 Å². The molecule has 22 aromatic rings. The first-order valence-corrected chi connectivity index (χ1v) is 42.0. The van der Waals surface area contributed by atoms with Crippen molar-refractivity contribution in [3.05, 3.63) is 473 Å². The molecule has 0 aliphatic rings. The summed E-state index contributed by atoms with van der Waals surface area (Å²) in [6.07, 6.45) is 0. The first-order chi connectivity index (χ1) is 61.4. The molecule has 4 aromatic heterocycles. The van der Waals surface area contributed by atoms with E-state index in [9.17, 15) is 0 Å². The highest BCUT2D eigenvalue weighted by molar-refractivity contribution is 6.17. The van der Waals surface area contributed by atoms with Gasteiger partial charge in [-0.2, -0.15) is 0 Å². The summed E-state index contributed by atoms with van der Waals surface area (Å²) in [5.41, 5.74) is 31.8. The van der Waals surface area contributed by atoms with E-state index >= 15 is 0 Å². The van der Waals surface area contributed by atoms with Gasteiger partial charge in [-0.1, -0.05) is 413 Å². The van der Waals surface area contributed by atoms with E-state index < -0.39 is 0 Å². The second-order valence-corrected chi connectivity index (χ2v) is 31.2. The first-order valence-electron chi connectivity index (χ1n) is 42.0. The maximum absolute atomic E-state index is 5.13. The molecule has 0 saturated carbocycles. The number of nitrogens with zero attached hydrogens (tertiary/aromatic N) is 6. The van der Waals surface area contributed by atoms with E-state index in [1.54, 1.807) is 0 Å². The molecule has 580 valence electrons. The highest BCUT2D eigenvalue weighted by Gasteiger charge is 2.20. The Hall–Kier alpha value is -16.5. The van der Waals surface area contributed by atoms with Crippen molar-refractivity contribution < 1.29 is 0 Å². The Bertz CT molecular complexity index is 6530. The standard InChI is InChI=1S/C60H40N2.C58H38N4/c1-5-17-41(18-6-1)57-37-49(38-58(61-57)42-19-7-2-8-20-42)45-25-13-27-47(35-45)51-29-15-31-53-54-32-16-30-52(56(54)34-33-55(51)53)48-28-14-26-46(36-48)50-39-59(43-21-9-3-10-22-43)62-60(40-50)44-23-11-4-12-24-44;1-5-17-39(18-6-1)53-37-54(40-19-7-2-8-20-40)60-57(59-53)45-27-13-25-43(35-45)47-29-15-31-49-50-32-16-30-48(52(50)34-33-51(47)49)44-26-14-28-46(36-44)58-61-55(41-21-9-3-10-22-41)38-56(62-58)42-23-11-4-12-24-42/h1-40H;1-38H. The molecule has 0 atom stereocenters. The van der Waals surface area contributed by atoms with Crippen LogP contribution in [0.5, 0.6) is 0 Å². The number of aromatic nitrogens is 6. The van der Waals surface area contributed by atoms with Crippen LogP contribution in [0.3, 0.4) is 0 Å². The Labute approximate surface area is 720 Å². The molecule has 0 aliphatic heterocycles. The van der Waals surface area contributed by atoms with E-state index in [-0.39, 0.29) is 0 Å². The van der Waals surface area contributed by atoms with E-state index in [1.807, 2.05) is 97.1 Å². The largest absolute Gasteiger partial charge is 0.248 e. The minimum atomic E-state index is 0.693. The number of pyridine rings is 2. The number of hydrogen-bond acceptors (Lipinski definition) is 6. The van der Waals surface area contributed by atoms with Gasteiger partial charge in [-0.3, -0.25) is 0 Å². The molecular weight excluding hydrogens is 1500 g/mol. The van der Waals surface area contributed by atoms with Crippen molar-refractivity contribution in [1.29, 1.82) is 0 Å². The minimum absolute atomic E-state index is 0.693. The van der Waals surface area contributed by atoms with E-state index in [1.165, 1.54) is 65.3 Å². The van der Waals surface area contributed by atoms with Gasteiger partial charge < -0.3 is 0 Å². The summed E-state index contributed by atoms with van der Waals surface area (Å²) in [6, 6.07) is 167. The predicted octanol–water partition coefficient (Wildman–Crippen LogP) is 31.0. The van der Waals surface area contributed by atoms with Crippen LogP contribution in [0.4, 0.5) is 0 Å². The third kappa shape index (κ3) is 15.4. The average Bonchev–Trinajstić information content (AvgIpc) is 0.754. The average molecular weight is 1580 g/mol. The van der Waals surface area contributed by atoms with Crippen LogP contribution in [0.1, 0.15) is 0 Å². The normalized spacial score (nSPS) is 11.2. The van der Waals surface area contributed by atoms with Crippen molar-refractivity contribution in [2.75, 3.05) is 0 Å². The molecule has 6 heteroatoms. The van der Waals surface area contributed by atoms with E-state index in [4.69, 9.17) is 29.9 Å². The zero-order chi connectivity index (χ0) is 82.5. The second kappa shape index (κ2) is 33.7. The van der Waals surface area contributed by atoms with Gasteiger partial charge in [0, 0.05) is 55.6 Å². The quantitative estimate of drug-likeness (QED) is 0.0897. The molecule has 22 rings (SSSR count). The van der Waals surface area contributed by atoms with Crippen LogP contribution in [0, 0.1) is 0 Å². The lowest BCUT2D eigenvalue weighted by Gasteiger charge is -2.15. The molecule has 0 spiro atoms. The molecule has 0 bridgehead atoms. The molecule has 124 heavy (non-hydrogen) atoms. The van der Waals surface area contributed by atoms with Crippen LogP contribution in [0.25, 0.3) is 223 Å². The van der Waals surface area contributed by atoms with Crippen molar-refractivity contribution in [1.82, 2.24) is 29.9 Å². The predicted molar refractivity (Wildman–Crippen MR) is 517 cm³/mol. The molecule has 4 heterocycles. The van der Waals surface area contributed by atoms with Crippen LogP contribution in [0.2, 0.25) is 0 Å². The lowest BCUT2D eigenvalue weighted by molar-refractivity contribution is 1.18. The summed E-state index contributed by atoms with van der Waals surface area (Å²) < 4.78 is 0. The number of rotatable bonds is 16. The van der Waals surface area contributed by atoms with Gasteiger partial charge >= 0.3 is 0 Å². The van der Waals surface area contributed by atoms with Crippen molar-refractivity contribution in [2.45, 2.75) is 0 Å². The molecule has 0 saturated heterocycles. The summed E-state index contributed by atoms with van der Waals surface area (Å²) in [4.78, 5) is 30.7. The van der Waals surface area contributed by atoms with Gasteiger partial charge in [0.2, 0.25) is 0 Å². The monoisotopic (exact) mass is 1580 g/mol. The van der Waals surface area contributed by atoms with Gasteiger partial charge in [-0.15, -0.1) is 0 Å². The molecule has 0 amide bonds. The van der Waals surface area contributed by atoms with Crippen LogP contribution in [-0.2, 0) is 0 Å². The maximum Gasteiger partial charge on any atom is 0.160 e. The molecule has 6 nitrogen and oxygen atoms in total. The fourth-order valence-electron chi connectivity index (χ4n) is 17.2. The van der Waals surface area contributed by atoms with Gasteiger partial charge in [0.25, 0.3) is 0 Å². The maximum atomic E-state index is 5.13. The zero-order valence-electron chi connectivity index (χ0n) is 67.7. The fourth-order valence-corrected chi connectivity index (χ4v) is 17.2. The van der Waals surface area contributed by atoms with E-state index in [0.29, 0.717) is 11.6 Å². The Balaban J connectivity index is 0.000000152. The van der Waals surface area contributed by atoms with Gasteiger partial charge in [0.05, 0.1) is 45.6 Å². The summed E-state index contributed by atoms with van der Waals surface area (Å²) in [5.74, 6) is 1.39. The molecule has 0 radical (unpaired) electrons.